The second kappa shape index (κ2) is 7.80. The van der Waals surface area contributed by atoms with Crippen molar-refractivity contribution in [2.24, 2.45) is 5.92 Å². The molecule has 0 spiro atoms. The van der Waals surface area contributed by atoms with E-state index in [-0.39, 0.29) is 11.8 Å². The van der Waals surface area contributed by atoms with Crippen LogP contribution in [0.3, 0.4) is 0 Å². The first kappa shape index (κ1) is 16.3. The summed E-state index contributed by atoms with van der Waals surface area (Å²) in [7, 11) is 0. The van der Waals surface area contributed by atoms with Gasteiger partial charge in [0.1, 0.15) is 5.15 Å². The van der Waals surface area contributed by atoms with Crippen LogP contribution in [-0.2, 0) is 11.3 Å². The lowest BCUT2D eigenvalue weighted by atomic mass is 10.1. The molecule has 0 radical (unpaired) electrons. The molecule has 1 aromatic heterocycles. The molecule has 1 atom stereocenters. The molecule has 2 N–H and O–H groups in total. The molecule has 2 aromatic rings. The van der Waals surface area contributed by atoms with Gasteiger partial charge in [0.15, 0.2) is 0 Å². The molecule has 22 heavy (non-hydrogen) atoms. The van der Waals surface area contributed by atoms with Gasteiger partial charge in [0.2, 0.25) is 5.91 Å². The van der Waals surface area contributed by atoms with Gasteiger partial charge in [0, 0.05) is 30.0 Å². The normalized spacial score (nSPS) is 11.8. The molecule has 1 heterocycles. The van der Waals surface area contributed by atoms with E-state index < -0.39 is 0 Å². The van der Waals surface area contributed by atoms with Crippen LogP contribution in [0.4, 0.5) is 11.4 Å². The molecule has 116 valence electrons. The van der Waals surface area contributed by atoms with E-state index in [0.717, 1.165) is 23.4 Å². The van der Waals surface area contributed by atoms with Gasteiger partial charge in [-0.15, -0.1) is 0 Å². The Hall–Kier alpha value is -2.07. The first-order valence-electron chi connectivity index (χ1n) is 7.33. The largest absolute Gasteiger partial charge is 0.381 e. The van der Waals surface area contributed by atoms with E-state index in [4.69, 9.17) is 11.6 Å². The highest BCUT2D eigenvalue weighted by molar-refractivity contribution is 6.29. The lowest BCUT2D eigenvalue weighted by Gasteiger charge is -2.12. The minimum atomic E-state index is 0.0146. The summed E-state index contributed by atoms with van der Waals surface area (Å²) in [6, 6.07) is 11.4. The zero-order valence-electron chi connectivity index (χ0n) is 12.8. The molecule has 4 nitrogen and oxygen atoms in total. The van der Waals surface area contributed by atoms with Crippen molar-refractivity contribution in [2.45, 2.75) is 26.8 Å². The van der Waals surface area contributed by atoms with Gasteiger partial charge >= 0.3 is 0 Å². The molecule has 0 saturated carbocycles. The quantitative estimate of drug-likeness (QED) is 0.780. The van der Waals surface area contributed by atoms with Crippen molar-refractivity contribution in [1.29, 1.82) is 0 Å². The van der Waals surface area contributed by atoms with E-state index in [1.165, 1.54) is 0 Å². The maximum atomic E-state index is 11.9. The topological polar surface area (TPSA) is 54.0 Å². The monoisotopic (exact) mass is 317 g/mol. The minimum absolute atomic E-state index is 0.0146. The Morgan fingerprint density at radius 1 is 1.27 bits per heavy atom. The number of carbonyl (C=O) groups is 1. The molecule has 1 amide bonds. The summed E-state index contributed by atoms with van der Waals surface area (Å²) in [5.74, 6) is 0.0641. The molecule has 5 heteroatoms. The number of hydrogen-bond acceptors (Lipinski definition) is 3. The smallest absolute Gasteiger partial charge is 0.227 e. The summed E-state index contributed by atoms with van der Waals surface area (Å²) < 4.78 is 0. The van der Waals surface area contributed by atoms with Crippen molar-refractivity contribution in [3.63, 3.8) is 0 Å². The van der Waals surface area contributed by atoms with Crippen LogP contribution >= 0.6 is 11.6 Å². The predicted molar refractivity (Wildman–Crippen MR) is 91.1 cm³/mol. The number of carbonyl (C=O) groups excluding carboxylic acids is 1. The Bertz CT molecular complexity index is 645. The summed E-state index contributed by atoms with van der Waals surface area (Å²) >= 11 is 5.85. The van der Waals surface area contributed by atoms with Crippen molar-refractivity contribution in [1.82, 2.24) is 4.98 Å². The van der Waals surface area contributed by atoms with Crippen LogP contribution in [-0.4, -0.2) is 10.9 Å². The molecular weight excluding hydrogens is 298 g/mol. The van der Waals surface area contributed by atoms with Gasteiger partial charge in [0.05, 0.1) is 0 Å². The number of hydrogen-bond donors (Lipinski definition) is 2. The van der Waals surface area contributed by atoms with Gasteiger partial charge in [-0.3, -0.25) is 4.79 Å². The number of rotatable bonds is 6. The van der Waals surface area contributed by atoms with Crippen LogP contribution in [0.5, 0.6) is 0 Å². The van der Waals surface area contributed by atoms with Crippen molar-refractivity contribution < 1.29 is 4.79 Å². The van der Waals surface area contributed by atoms with Gasteiger partial charge in [-0.05, 0) is 36.2 Å². The molecule has 0 aliphatic heterocycles. The summed E-state index contributed by atoms with van der Waals surface area (Å²) in [5, 5.41) is 6.68. The molecule has 0 aliphatic carbocycles. The average Bonchev–Trinajstić information content (AvgIpc) is 2.52. The molecule has 0 aliphatic rings. The minimum Gasteiger partial charge on any atom is -0.381 e. The third kappa shape index (κ3) is 4.74. The van der Waals surface area contributed by atoms with Gasteiger partial charge in [-0.2, -0.15) is 0 Å². The van der Waals surface area contributed by atoms with E-state index in [9.17, 15) is 4.79 Å². The summed E-state index contributed by atoms with van der Waals surface area (Å²) in [5.41, 5.74) is 2.81. The molecule has 2 rings (SSSR count). The summed E-state index contributed by atoms with van der Waals surface area (Å²) in [4.78, 5) is 15.9. The molecular formula is C17H20ClN3O. The number of amides is 1. The van der Waals surface area contributed by atoms with Crippen LogP contribution < -0.4 is 10.6 Å². The highest BCUT2D eigenvalue weighted by Gasteiger charge is 2.10. The second-order valence-electron chi connectivity index (χ2n) is 5.22. The third-order valence-corrected chi connectivity index (χ3v) is 3.68. The van der Waals surface area contributed by atoms with Crippen LogP contribution in [0.1, 0.15) is 25.8 Å². The van der Waals surface area contributed by atoms with Crippen molar-refractivity contribution >= 4 is 28.9 Å². The second-order valence-corrected chi connectivity index (χ2v) is 5.61. The summed E-state index contributed by atoms with van der Waals surface area (Å²) in [6.07, 6.45) is 2.49. The van der Waals surface area contributed by atoms with E-state index in [1.807, 2.05) is 44.2 Å². The number of nitrogens with one attached hydrogen (secondary N) is 2. The van der Waals surface area contributed by atoms with Crippen molar-refractivity contribution in [3.05, 3.63) is 53.3 Å². The first-order valence-corrected chi connectivity index (χ1v) is 7.71. The maximum Gasteiger partial charge on any atom is 0.227 e. The first-order chi connectivity index (χ1) is 10.6. The Labute approximate surface area is 135 Å². The predicted octanol–water partition coefficient (Wildman–Crippen LogP) is 4.33. The molecule has 0 bridgehead atoms. The summed E-state index contributed by atoms with van der Waals surface area (Å²) in [6.45, 7) is 4.58. The van der Waals surface area contributed by atoms with Crippen LogP contribution in [0.15, 0.2) is 42.6 Å². The highest BCUT2D eigenvalue weighted by Crippen LogP contribution is 2.16. The van der Waals surface area contributed by atoms with Crippen LogP contribution in [0.25, 0.3) is 0 Å². The fourth-order valence-corrected chi connectivity index (χ4v) is 2.10. The maximum absolute atomic E-state index is 11.9. The van der Waals surface area contributed by atoms with Gasteiger partial charge in [-0.1, -0.05) is 37.6 Å². The molecule has 0 fully saturated rings. The van der Waals surface area contributed by atoms with E-state index in [2.05, 4.69) is 15.6 Å². The SMILES string of the molecule is CCC(C)C(=O)Nc1cccc(CNc2ccnc(Cl)c2)c1. The lowest BCUT2D eigenvalue weighted by Crippen LogP contribution is -2.19. The molecule has 1 unspecified atom stereocenters. The van der Waals surface area contributed by atoms with Crippen molar-refractivity contribution in [2.75, 3.05) is 10.6 Å². The zero-order valence-corrected chi connectivity index (χ0v) is 13.5. The average molecular weight is 318 g/mol. The van der Waals surface area contributed by atoms with Crippen LogP contribution in [0.2, 0.25) is 5.15 Å². The van der Waals surface area contributed by atoms with E-state index >= 15 is 0 Å². The van der Waals surface area contributed by atoms with Crippen LogP contribution in [0, 0.1) is 5.92 Å². The Balaban J connectivity index is 1.98. The third-order valence-electron chi connectivity index (χ3n) is 3.48. The fraction of sp³-hybridized carbons (Fsp3) is 0.294. The fourth-order valence-electron chi connectivity index (χ4n) is 1.93. The van der Waals surface area contributed by atoms with E-state index in [1.54, 1.807) is 12.3 Å². The Morgan fingerprint density at radius 2 is 2.09 bits per heavy atom. The number of anilines is 2. The number of benzene rings is 1. The standard InChI is InChI=1S/C17H20ClN3O/c1-3-12(2)17(22)21-15-6-4-5-13(9-15)11-20-14-7-8-19-16(18)10-14/h4-10,12H,3,11H2,1-2H3,(H,19,20)(H,21,22). The number of pyridine rings is 1. The molecule has 1 aromatic carbocycles. The Kier molecular flexibility index (Phi) is 5.78. The van der Waals surface area contributed by atoms with Gasteiger partial charge in [0.25, 0.3) is 0 Å². The lowest BCUT2D eigenvalue weighted by molar-refractivity contribution is -0.119. The number of halogens is 1. The highest BCUT2D eigenvalue weighted by atomic mass is 35.5. The van der Waals surface area contributed by atoms with E-state index in [0.29, 0.717) is 11.7 Å². The van der Waals surface area contributed by atoms with Gasteiger partial charge < -0.3 is 10.6 Å². The number of aromatic nitrogens is 1. The zero-order chi connectivity index (χ0) is 15.9. The molecule has 0 saturated heterocycles. The van der Waals surface area contributed by atoms with Crippen molar-refractivity contribution in [3.8, 4) is 0 Å². The van der Waals surface area contributed by atoms with Gasteiger partial charge in [-0.25, -0.2) is 4.98 Å². The number of nitrogens with zero attached hydrogens (tertiary/aromatic N) is 1. The Morgan fingerprint density at radius 3 is 2.82 bits per heavy atom.